The monoisotopic (exact) mass is 179 g/mol. The second-order valence-electron chi connectivity index (χ2n) is 3.19. The molecule has 70 valence electrons. The van der Waals surface area contributed by atoms with Crippen molar-refractivity contribution in [1.82, 2.24) is 15.3 Å². The number of hydrogen-bond acceptors (Lipinski definition) is 4. The van der Waals surface area contributed by atoms with Crippen molar-refractivity contribution in [2.45, 2.75) is 26.6 Å². The zero-order valence-electron chi connectivity index (χ0n) is 7.92. The molecule has 1 aliphatic rings. The highest BCUT2D eigenvalue weighted by Gasteiger charge is 2.15. The summed E-state index contributed by atoms with van der Waals surface area (Å²) >= 11 is 0. The fraction of sp³-hybridized carbons (Fsp3) is 0.556. The summed E-state index contributed by atoms with van der Waals surface area (Å²) in [5.41, 5.74) is 3.45. The quantitative estimate of drug-likeness (QED) is 0.719. The number of aromatic nitrogens is 2. The van der Waals surface area contributed by atoms with Gasteiger partial charge in [-0.3, -0.25) is 0 Å². The molecule has 0 fully saturated rings. The minimum Gasteiger partial charge on any atom is -0.377 e. The molecule has 1 N–H and O–H groups in total. The van der Waals surface area contributed by atoms with Crippen molar-refractivity contribution in [2.24, 2.45) is 0 Å². The largest absolute Gasteiger partial charge is 0.377 e. The van der Waals surface area contributed by atoms with Crippen LogP contribution in [0, 0.1) is 6.92 Å². The van der Waals surface area contributed by atoms with Crippen molar-refractivity contribution in [3.05, 3.63) is 22.8 Å². The van der Waals surface area contributed by atoms with E-state index >= 15 is 0 Å². The molecule has 1 aromatic rings. The number of rotatable bonds is 2. The van der Waals surface area contributed by atoms with Crippen LogP contribution in [0.1, 0.15) is 22.8 Å². The number of fused-ring (bicyclic) bond motifs is 1. The third kappa shape index (κ3) is 1.55. The molecule has 0 saturated carbocycles. The summed E-state index contributed by atoms with van der Waals surface area (Å²) in [4.78, 5) is 8.76. The van der Waals surface area contributed by atoms with Gasteiger partial charge in [0.2, 0.25) is 0 Å². The number of hydrogen-bond donors (Lipinski definition) is 1. The Hall–Kier alpha value is -1.00. The molecule has 4 heteroatoms. The first-order valence-corrected chi connectivity index (χ1v) is 4.36. The third-order valence-corrected chi connectivity index (χ3v) is 2.21. The smallest absolute Gasteiger partial charge is 0.154 e. The number of methoxy groups -OCH3 is 1. The summed E-state index contributed by atoms with van der Waals surface area (Å²) in [6, 6.07) is 0. The molecule has 0 radical (unpaired) electrons. The second-order valence-corrected chi connectivity index (χ2v) is 3.19. The number of aryl methyl sites for hydroxylation is 1. The van der Waals surface area contributed by atoms with Gasteiger partial charge in [-0.1, -0.05) is 0 Å². The van der Waals surface area contributed by atoms with Crippen LogP contribution in [-0.2, 0) is 24.4 Å². The molecule has 0 amide bonds. The number of nitrogens with zero attached hydrogens (tertiary/aromatic N) is 2. The second kappa shape index (κ2) is 3.40. The van der Waals surface area contributed by atoms with Crippen LogP contribution in [0.3, 0.4) is 0 Å². The third-order valence-electron chi connectivity index (χ3n) is 2.21. The average molecular weight is 179 g/mol. The molecule has 2 heterocycles. The minimum atomic E-state index is 0.494. The molecule has 0 spiro atoms. The Morgan fingerprint density at radius 2 is 2.23 bits per heavy atom. The molecule has 0 aromatic carbocycles. The highest BCUT2D eigenvalue weighted by atomic mass is 16.5. The molecule has 0 aliphatic carbocycles. The van der Waals surface area contributed by atoms with E-state index in [1.807, 2.05) is 6.92 Å². The van der Waals surface area contributed by atoms with Crippen molar-refractivity contribution in [3.8, 4) is 0 Å². The minimum absolute atomic E-state index is 0.494. The molecular formula is C9H13N3O. The Balaban J connectivity index is 2.37. The predicted octanol–water partition coefficient (Wildman–Crippen LogP) is 0.535. The molecule has 0 bridgehead atoms. The van der Waals surface area contributed by atoms with Crippen molar-refractivity contribution < 1.29 is 4.74 Å². The van der Waals surface area contributed by atoms with Gasteiger partial charge in [0.1, 0.15) is 6.61 Å². The van der Waals surface area contributed by atoms with Crippen molar-refractivity contribution in [2.75, 3.05) is 7.11 Å². The topological polar surface area (TPSA) is 47.0 Å². The summed E-state index contributed by atoms with van der Waals surface area (Å²) in [5.74, 6) is 0.780. The first-order chi connectivity index (χ1) is 6.31. The maximum absolute atomic E-state index is 5.00. The van der Waals surface area contributed by atoms with Crippen LogP contribution in [0.25, 0.3) is 0 Å². The van der Waals surface area contributed by atoms with Crippen molar-refractivity contribution >= 4 is 0 Å². The van der Waals surface area contributed by atoms with Gasteiger partial charge in [-0.25, -0.2) is 9.97 Å². The van der Waals surface area contributed by atoms with Gasteiger partial charge in [0.05, 0.1) is 5.69 Å². The molecule has 0 saturated heterocycles. The lowest BCUT2D eigenvalue weighted by Crippen LogP contribution is -2.03. The van der Waals surface area contributed by atoms with E-state index in [0.717, 1.165) is 30.3 Å². The van der Waals surface area contributed by atoms with Crippen molar-refractivity contribution in [1.29, 1.82) is 0 Å². The summed E-state index contributed by atoms with van der Waals surface area (Å²) in [6.07, 6.45) is 0. The lowest BCUT2D eigenvalue weighted by Gasteiger charge is -2.04. The standard InChI is InChI=1S/C9H13N3O/c1-6-7-3-10-4-8(7)12-9(11-6)5-13-2/h10H,3-5H2,1-2H3. The SMILES string of the molecule is COCc1nc(C)c2c(n1)CNC2. The molecule has 13 heavy (non-hydrogen) atoms. The summed E-state index contributed by atoms with van der Waals surface area (Å²) < 4.78 is 5.00. The van der Waals surface area contributed by atoms with E-state index in [2.05, 4.69) is 15.3 Å². The Labute approximate surface area is 77.4 Å². The lowest BCUT2D eigenvalue weighted by molar-refractivity contribution is 0.177. The maximum atomic E-state index is 5.00. The van der Waals surface area contributed by atoms with Gasteiger partial charge in [0.15, 0.2) is 5.82 Å². The first-order valence-electron chi connectivity index (χ1n) is 4.36. The average Bonchev–Trinajstić information content (AvgIpc) is 2.53. The Bertz CT molecular complexity index is 325. The fourth-order valence-electron chi connectivity index (χ4n) is 1.59. The van der Waals surface area contributed by atoms with E-state index in [9.17, 15) is 0 Å². The van der Waals surface area contributed by atoms with E-state index in [4.69, 9.17) is 4.74 Å². The summed E-state index contributed by atoms with van der Waals surface area (Å²) in [6.45, 7) is 4.27. The van der Waals surface area contributed by atoms with Crippen LogP contribution in [-0.4, -0.2) is 17.1 Å². The molecule has 1 aliphatic heterocycles. The van der Waals surface area contributed by atoms with Crippen molar-refractivity contribution in [3.63, 3.8) is 0 Å². The fourth-order valence-corrected chi connectivity index (χ4v) is 1.59. The van der Waals surface area contributed by atoms with Crippen LogP contribution in [0.4, 0.5) is 0 Å². The molecule has 4 nitrogen and oxygen atoms in total. The van der Waals surface area contributed by atoms with Crippen LogP contribution < -0.4 is 5.32 Å². The highest BCUT2D eigenvalue weighted by molar-refractivity contribution is 5.28. The molecular weight excluding hydrogens is 166 g/mol. The van der Waals surface area contributed by atoms with E-state index in [0.29, 0.717) is 6.61 Å². The highest BCUT2D eigenvalue weighted by Crippen LogP contribution is 2.15. The number of ether oxygens (including phenoxy) is 1. The van der Waals surface area contributed by atoms with Gasteiger partial charge in [-0.2, -0.15) is 0 Å². The summed E-state index contributed by atoms with van der Waals surface area (Å²) in [7, 11) is 1.66. The first kappa shape index (κ1) is 8.59. The molecule has 2 rings (SSSR count). The van der Waals surface area contributed by atoms with Gasteiger partial charge in [-0.15, -0.1) is 0 Å². The zero-order chi connectivity index (χ0) is 9.26. The number of nitrogens with one attached hydrogen (secondary N) is 1. The van der Waals surface area contributed by atoms with Gasteiger partial charge < -0.3 is 10.1 Å². The maximum Gasteiger partial charge on any atom is 0.154 e. The van der Waals surface area contributed by atoms with Gasteiger partial charge in [-0.05, 0) is 6.92 Å². The van der Waals surface area contributed by atoms with E-state index in [1.165, 1.54) is 5.56 Å². The lowest BCUT2D eigenvalue weighted by atomic mass is 10.2. The molecule has 1 aromatic heterocycles. The van der Waals surface area contributed by atoms with E-state index in [1.54, 1.807) is 7.11 Å². The van der Waals surface area contributed by atoms with Crippen LogP contribution >= 0.6 is 0 Å². The van der Waals surface area contributed by atoms with Crippen LogP contribution in [0.5, 0.6) is 0 Å². The Morgan fingerprint density at radius 3 is 3.00 bits per heavy atom. The van der Waals surface area contributed by atoms with Crippen LogP contribution in [0.15, 0.2) is 0 Å². The Morgan fingerprint density at radius 1 is 1.38 bits per heavy atom. The Kier molecular flexibility index (Phi) is 2.24. The van der Waals surface area contributed by atoms with E-state index in [-0.39, 0.29) is 0 Å². The van der Waals surface area contributed by atoms with Crippen LogP contribution in [0.2, 0.25) is 0 Å². The van der Waals surface area contributed by atoms with Gasteiger partial charge in [0, 0.05) is 31.5 Å². The molecule has 0 atom stereocenters. The zero-order valence-corrected chi connectivity index (χ0v) is 7.92. The predicted molar refractivity (Wildman–Crippen MR) is 48.0 cm³/mol. The van der Waals surface area contributed by atoms with Gasteiger partial charge in [0.25, 0.3) is 0 Å². The van der Waals surface area contributed by atoms with Gasteiger partial charge >= 0.3 is 0 Å². The normalized spacial score (nSPS) is 14.6. The van der Waals surface area contributed by atoms with E-state index < -0.39 is 0 Å². The molecule has 0 unspecified atom stereocenters. The summed E-state index contributed by atoms with van der Waals surface area (Å²) in [5, 5.41) is 3.25.